The Balaban J connectivity index is 2.72. The standard InChI is InChI=1S/C27H46N2O6/c1-6-7-8-9-10-11-15-22(19-23(30)35-27(2,3)4)25(32)28-17-16-21-14-12-13-18-29(26(21)33)20-24(31)34-5/h16-17,21-22H,6-15,18-20H2,1-5H3,(H,28,32)/b17-16+/t21-,22-/m1/s1. The van der Waals surface area contributed by atoms with E-state index in [0.717, 1.165) is 32.1 Å². The fourth-order valence-electron chi connectivity index (χ4n) is 4.14. The Bertz CT molecular complexity index is 713. The molecule has 8 nitrogen and oxygen atoms in total. The zero-order chi connectivity index (χ0) is 26.3. The van der Waals surface area contributed by atoms with Gasteiger partial charge >= 0.3 is 11.9 Å². The first-order chi connectivity index (χ1) is 16.6. The number of ether oxygens (including phenoxy) is 2. The predicted molar refractivity (Wildman–Crippen MR) is 135 cm³/mol. The Morgan fingerprint density at radius 3 is 2.43 bits per heavy atom. The Labute approximate surface area is 211 Å². The number of hydrogen-bond donors (Lipinski definition) is 1. The summed E-state index contributed by atoms with van der Waals surface area (Å²) >= 11 is 0. The molecule has 0 aromatic rings. The number of likely N-dealkylation sites (tertiary alicyclic amines) is 1. The van der Waals surface area contributed by atoms with Crippen LogP contribution in [0.4, 0.5) is 0 Å². The Kier molecular flexibility index (Phi) is 14.3. The summed E-state index contributed by atoms with van der Waals surface area (Å²) in [6.45, 7) is 8.05. The van der Waals surface area contributed by atoms with Gasteiger partial charge in [0, 0.05) is 18.7 Å². The molecule has 0 radical (unpaired) electrons. The second kappa shape index (κ2) is 16.3. The summed E-state index contributed by atoms with van der Waals surface area (Å²) in [5.74, 6) is -2.11. The first-order valence-electron chi connectivity index (χ1n) is 13.1. The fraction of sp³-hybridized carbons (Fsp3) is 0.778. The van der Waals surface area contributed by atoms with Crippen molar-refractivity contribution in [2.24, 2.45) is 11.8 Å². The van der Waals surface area contributed by atoms with Crippen molar-refractivity contribution in [2.45, 2.75) is 104 Å². The minimum Gasteiger partial charge on any atom is -0.468 e. The number of nitrogens with zero attached hydrogens (tertiary/aromatic N) is 1. The van der Waals surface area contributed by atoms with Gasteiger partial charge in [0.05, 0.1) is 19.4 Å². The highest BCUT2D eigenvalue weighted by Crippen LogP contribution is 2.21. The number of unbranched alkanes of at least 4 members (excludes halogenated alkanes) is 5. The molecule has 0 bridgehead atoms. The van der Waals surface area contributed by atoms with E-state index in [1.807, 2.05) is 20.8 Å². The minimum absolute atomic E-state index is 0.0289. The number of methoxy groups -OCH3 is 1. The largest absolute Gasteiger partial charge is 0.468 e. The maximum Gasteiger partial charge on any atom is 0.325 e. The van der Waals surface area contributed by atoms with Gasteiger partial charge in [0.15, 0.2) is 0 Å². The van der Waals surface area contributed by atoms with Crippen molar-refractivity contribution in [2.75, 3.05) is 20.2 Å². The van der Waals surface area contributed by atoms with Crippen molar-refractivity contribution in [3.8, 4) is 0 Å². The highest BCUT2D eigenvalue weighted by Gasteiger charge is 2.28. The molecule has 0 unspecified atom stereocenters. The maximum absolute atomic E-state index is 12.9. The summed E-state index contributed by atoms with van der Waals surface area (Å²) in [6, 6.07) is 0. The van der Waals surface area contributed by atoms with Crippen molar-refractivity contribution in [3.63, 3.8) is 0 Å². The number of nitrogens with one attached hydrogen (secondary N) is 1. The van der Waals surface area contributed by atoms with Crippen LogP contribution >= 0.6 is 0 Å². The average Bonchev–Trinajstić information content (AvgIpc) is 2.95. The van der Waals surface area contributed by atoms with Gasteiger partial charge in [-0.1, -0.05) is 57.9 Å². The first-order valence-corrected chi connectivity index (χ1v) is 13.1. The van der Waals surface area contributed by atoms with Gasteiger partial charge in [0.25, 0.3) is 0 Å². The van der Waals surface area contributed by atoms with E-state index in [1.54, 1.807) is 6.08 Å². The number of carbonyl (C=O) groups is 4. The third-order valence-corrected chi connectivity index (χ3v) is 6.03. The molecule has 1 fully saturated rings. The molecule has 1 N–H and O–H groups in total. The molecule has 200 valence electrons. The van der Waals surface area contributed by atoms with Crippen molar-refractivity contribution < 1.29 is 28.7 Å². The summed E-state index contributed by atoms with van der Waals surface area (Å²) in [4.78, 5) is 51.3. The van der Waals surface area contributed by atoms with Gasteiger partial charge in [-0.3, -0.25) is 19.2 Å². The maximum atomic E-state index is 12.9. The molecule has 1 rings (SSSR count). The van der Waals surface area contributed by atoms with Crippen molar-refractivity contribution in [1.29, 1.82) is 0 Å². The summed E-state index contributed by atoms with van der Waals surface area (Å²) in [5, 5.41) is 2.78. The minimum atomic E-state index is -0.603. The summed E-state index contributed by atoms with van der Waals surface area (Å²) < 4.78 is 10.1. The van der Waals surface area contributed by atoms with Crippen LogP contribution < -0.4 is 5.32 Å². The zero-order valence-electron chi connectivity index (χ0n) is 22.4. The van der Waals surface area contributed by atoms with Crippen LogP contribution in [0.3, 0.4) is 0 Å². The molecular formula is C27H46N2O6. The molecule has 0 aromatic carbocycles. The van der Waals surface area contributed by atoms with Crippen LogP contribution in [0.1, 0.15) is 98.3 Å². The summed E-state index contributed by atoms with van der Waals surface area (Å²) in [5.41, 5.74) is -0.603. The molecule has 1 heterocycles. The van der Waals surface area contributed by atoms with Gasteiger partial charge in [0.1, 0.15) is 12.1 Å². The number of carbonyl (C=O) groups excluding carboxylic acids is 4. The monoisotopic (exact) mass is 494 g/mol. The SMILES string of the molecule is CCCCCCCC[C@H](CC(=O)OC(C)(C)C)C(=O)N/C=C/[C@H]1CCCCN(CC(=O)OC)C1=O. The lowest BCUT2D eigenvalue weighted by Gasteiger charge is -2.22. The third-order valence-electron chi connectivity index (χ3n) is 6.03. The zero-order valence-corrected chi connectivity index (χ0v) is 22.4. The van der Waals surface area contributed by atoms with E-state index in [4.69, 9.17) is 9.47 Å². The molecule has 2 amide bonds. The van der Waals surface area contributed by atoms with Crippen molar-refractivity contribution in [3.05, 3.63) is 12.3 Å². The number of esters is 2. The van der Waals surface area contributed by atoms with Crippen LogP contribution in [0, 0.1) is 11.8 Å². The predicted octanol–water partition coefficient (Wildman–Crippen LogP) is 4.52. The second-order valence-corrected chi connectivity index (χ2v) is 10.3. The smallest absolute Gasteiger partial charge is 0.325 e. The number of hydrogen-bond acceptors (Lipinski definition) is 6. The van der Waals surface area contributed by atoms with E-state index >= 15 is 0 Å². The van der Waals surface area contributed by atoms with E-state index < -0.39 is 23.4 Å². The molecule has 1 aliphatic rings. The summed E-state index contributed by atoms with van der Waals surface area (Å²) in [7, 11) is 1.30. The quantitative estimate of drug-likeness (QED) is 0.281. The molecule has 0 aromatic heterocycles. The highest BCUT2D eigenvalue weighted by atomic mass is 16.6. The fourth-order valence-corrected chi connectivity index (χ4v) is 4.14. The molecule has 2 atom stereocenters. The Morgan fingerprint density at radius 2 is 1.77 bits per heavy atom. The van der Waals surface area contributed by atoms with E-state index in [0.29, 0.717) is 19.4 Å². The lowest BCUT2D eigenvalue weighted by atomic mass is 9.96. The van der Waals surface area contributed by atoms with Crippen LogP contribution in [0.25, 0.3) is 0 Å². The molecule has 8 heteroatoms. The lowest BCUT2D eigenvalue weighted by Crippen LogP contribution is -2.39. The highest BCUT2D eigenvalue weighted by molar-refractivity contribution is 5.86. The number of rotatable bonds is 14. The average molecular weight is 495 g/mol. The van der Waals surface area contributed by atoms with Gasteiger partial charge in [-0.05, 0) is 40.0 Å². The van der Waals surface area contributed by atoms with E-state index in [2.05, 4.69) is 12.2 Å². The van der Waals surface area contributed by atoms with Crippen LogP contribution in [0.2, 0.25) is 0 Å². The topological polar surface area (TPSA) is 102 Å². The van der Waals surface area contributed by atoms with Gasteiger partial charge in [-0.2, -0.15) is 0 Å². The first kappa shape index (κ1) is 30.7. The van der Waals surface area contributed by atoms with Crippen LogP contribution in [-0.2, 0) is 28.7 Å². The van der Waals surface area contributed by atoms with E-state index in [-0.39, 0.29) is 30.7 Å². The molecule has 0 spiro atoms. The van der Waals surface area contributed by atoms with Gasteiger partial charge in [-0.15, -0.1) is 0 Å². The normalized spacial score (nSPS) is 17.7. The Morgan fingerprint density at radius 1 is 1.09 bits per heavy atom. The van der Waals surface area contributed by atoms with E-state index in [9.17, 15) is 19.2 Å². The molecule has 0 saturated carbocycles. The van der Waals surface area contributed by atoms with Crippen LogP contribution in [-0.4, -0.2) is 54.5 Å². The summed E-state index contributed by atoms with van der Waals surface area (Å²) in [6.07, 6.45) is 12.8. The second-order valence-electron chi connectivity index (χ2n) is 10.3. The van der Waals surface area contributed by atoms with Gasteiger partial charge < -0.3 is 19.7 Å². The number of amides is 2. The third kappa shape index (κ3) is 13.3. The molecular weight excluding hydrogens is 448 g/mol. The lowest BCUT2D eigenvalue weighted by molar-refractivity contribution is -0.157. The van der Waals surface area contributed by atoms with Crippen molar-refractivity contribution >= 4 is 23.8 Å². The molecule has 35 heavy (non-hydrogen) atoms. The Hall–Kier alpha value is -2.38. The van der Waals surface area contributed by atoms with Gasteiger partial charge in [0.2, 0.25) is 11.8 Å². The molecule has 1 saturated heterocycles. The molecule has 1 aliphatic heterocycles. The molecule has 0 aliphatic carbocycles. The van der Waals surface area contributed by atoms with E-state index in [1.165, 1.54) is 37.5 Å². The van der Waals surface area contributed by atoms with Crippen molar-refractivity contribution in [1.82, 2.24) is 10.2 Å². The van der Waals surface area contributed by atoms with Gasteiger partial charge in [-0.25, -0.2) is 0 Å². The van der Waals surface area contributed by atoms with Crippen LogP contribution in [0.15, 0.2) is 12.3 Å². The van der Waals surface area contributed by atoms with Crippen LogP contribution in [0.5, 0.6) is 0 Å².